The Bertz CT molecular complexity index is 790. The molecule has 5 nitrogen and oxygen atoms in total. The van der Waals surface area contributed by atoms with Crippen LogP contribution < -0.4 is 9.64 Å². The second-order valence-electron chi connectivity index (χ2n) is 6.32. The summed E-state index contributed by atoms with van der Waals surface area (Å²) in [5.74, 6) is 0.0339. The summed E-state index contributed by atoms with van der Waals surface area (Å²) in [7, 11) is 0. The number of carbonyl (C=O) groups is 1. The molecule has 0 unspecified atom stereocenters. The van der Waals surface area contributed by atoms with Crippen molar-refractivity contribution in [3.05, 3.63) is 53.5 Å². The molecule has 0 saturated carbocycles. The highest BCUT2D eigenvalue weighted by Gasteiger charge is 2.25. The predicted octanol–water partition coefficient (Wildman–Crippen LogP) is 2.98. The maximum atomic E-state index is 13.5. The van der Waals surface area contributed by atoms with E-state index in [2.05, 4.69) is 4.98 Å². The van der Waals surface area contributed by atoms with Crippen LogP contribution in [-0.2, 0) is 11.2 Å². The van der Waals surface area contributed by atoms with Gasteiger partial charge in [-0.1, -0.05) is 0 Å². The summed E-state index contributed by atoms with van der Waals surface area (Å²) >= 11 is 0. The van der Waals surface area contributed by atoms with Crippen molar-refractivity contribution >= 4 is 11.6 Å². The summed E-state index contributed by atoms with van der Waals surface area (Å²) in [5.41, 5.74) is 2.16. The van der Waals surface area contributed by atoms with Crippen LogP contribution in [0.3, 0.4) is 0 Å². The van der Waals surface area contributed by atoms with Crippen LogP contribution in [0.1, 0.15) is 28.8 Å². The second kappa shape index (κ2) is 6.80. The van der Waals surface area contributed by atoms with E-state index in [9.17, 15) is 9.18 Å². The number of hydrogen-bond acceptors (Lipinski definition) is 4. The van der Waals surface area contributed by atoms with Crippen molar-refractivity contribution in [3.8, 4) is 5.88 Å². The molecule has 130 valence electrons. The average Bonchev–Trinajstić information content (AvgIpc) is 3.13. The Kier molecular flexibility index (Phi) is 4.36. The van der Waals surface area contributed by atoms with Gasteiger partial charge in [0.1, 0.15) is 11.9 Å². The van der Waals surface area contributed by atoms with Crippen LogP contribution in [0.15, 0.2) is 36.5 Å². The van der Waals surface area contributed by atoms with Gasteiger partial charge in [-0.15, -0.1) is 0 Å². The van der Waals surface area contributed by atoms with Gasteiger partial charge in [0.15, 0.2) is 0 Å². The topological polar surface area (TPSA) is 51.7 Å². The SMILES string of the molecule is O=C(c1ccnc(O[C@H]2CCOC2)c1)N1CCCc2cc(F)ccc21. The Labute approximate surface area is 145 Å². The Morgan fingerprint density at radius 3 is 3.08 bits per heavy atom. The molecule has 1 fully saturated rings. The minimum atomic E-state index is -0.272. The van der Waals surface area contributed by atoms with Crippen LogP contribution >= 0.6 is 0 Å². The molecule has 0 aliphatic carbocycles. The summed E-state index contributed by atoms with van der Waals surface area (Å²) in [6.45, 7) is 1.85. The first-order valence-electron chi connectivity index (χ1n) is 8.51. The number of amides is 1. The summed E-state index contributed by atoms with van der Waals surface area (Å²) in [6.07, 6.45) is 3.98. The number of anilines is 1. The van der Waals surface area contributed by atoms with Crippen molar-refractivity contribution in [2.75, 3.05) is 24.7 Å². The van der Waals surface area contributed by atoms with Gasteiger partial charge in [0.25, 0.3) is 5.91 Å². The number of benzene rings is 1. The molecule has 2 aliphatic rings. The van der Waals surface area contributed by atoms with Gasteiger partial charge in [0.05, 0.1) is 13.2 Å². The number of aryl methyl sites for hydroxylation is 1. The van der Waals surface area contributed by atoms with Gasteiger partial charge in [0.2, 0.25) is 5.88 Å². The third-order valence-corrected chi connectivity index (χ3v) is 4.56. The lowest BCUT2D eigenvalue weighted by molar-refractivity contribution is 0.0983. The van der Waals surface area contributed by atoms with Crippen molar-refractivity contribution in [1.29, 1.82) is 0 Å². The largest absolute Gasteiger partial charge is 0.472 e. The summed E-state index contributed by atoms with van der Waals surface area (Å²) < 4.78 is 24.5. The lowest BCUT2D eigenvalue weighted by atomic mass is 10.0. The smallest absolute Gasteiger partial charge is 0.258 e. The molecule has 1 amide bonds. The number of ether oxygens (including phenoxy) is 2. The van der Waals surface area contributed by atoms with Crippen molar-refractivity contribution in [2.24, 2.45) is 0 Å². The highest BCUT2D eigenvalue weighted by molar-refractivity contribution is 6.06. The fourth-order valence-corrected chi connectivity index (χ4v) is 3.32. The van der Waals surface area contributed by atoms with E-state index >= 15 is 0 Å². The third kappa shape index (κ3) is 3.35. The van der Waals surface area contributed by atoms with E-state index in [-0.39, 0.29) is 17.8 Å². The monoisotopic (exact) mass is 342 g/mol. The standard InChI is InChI=1S/C19H19FN2O3/c20-15-3-4-17-13(10-15)2-1-8-22(17)19(23)14-5-7-21-18(11-14)25-16-6-9-24-12-16/h3-5,7,10-11,16H,1-2,6,8-9,12H2/t16-/m0/s1. The second-order valence-corrected chi connectivity index (χ2v) is 6.32. The molecule has 3 heterocycles. The number of halogens is 1. The van der Waals surface area contributed by atoms with Crippen LogP contribution in [0.25, 0.3) is 0 Å². The van der Waals surface area contributed by atoms with Gasteiger partial charge >= 0.3 is 0 Å². The molecule has 6 heteroatoms. The van der Waals surface area contributed by atoms with Gasteiger partial charge in [-0.25, -0.2) is 9.37 Å². The molecular weight excluding hydrogens is 323 g/mol. The molecule has 0 bridgehead atoms. The first-order chi connectivity index (χ1) is 12.2. The summed E-state index contributed by atoms with van der Waals surface area (Å²) in [5, 5.41) is 0. The molecule has 4 rings (SSSR count). The van der Waals surface area contributed by atoms with Crippen LogP contribution in [-0.4, -0.2) is 36.8 Å². The zero-order chi connectivity index (χ0) is 17.2. The predicted molar refractivity (Wildman–Crippen MR) is 90.5 cm³/mol. The Morgan fingerprint density at radius 1 is 1.32 bits per heavy atom. The molecule has 1 aromatic carbocycles. The van der Waals surface area contributed by atoms with Gasteiger partial charge in [0, 0.05) is 36.5 Å². The molecule has 1 saturated heterocycles. The van der Waals surface area contributed by atoms with Crippen molar-refractivity contribution in [2.45, 2.75) is 25.4 Å². The van der Waals surface area contributed by atoms with E-state index in [1.165, 1.54) is 12.1 Å². The first kappa shape index (κ1) is 16.0. The molecule has 1 aromatic heterocycles. The van der Waals surface area contributed by atoms with Crippen LogP contribution in [0, 0.1) is 5.82 Å². The summed E-state index contributed by atoms with van der Waals surface area (Å²) in [6, 6.07) is 7.92. The normalized spacial score (nSPS) is 19.6. The highest BCUT2D eigenvalue weighted by Crippen LogP contribution is 2.29. The van der Waals surface area contributed by atoms with Crippen molar-refractivity contribution in [3.63, 3.8) is 0 Å². The van der Waals surface area contributed by atoms with Crippen LogP contribution in [0.4, 0.5) is 10.1 Å². The third-order valence-electron chi connectivity index (χ3n) is 4.56. The van der Waals surface area contributed by atoms with E-state index in [4.69, 9.17) is 9.47 Å². The number of pyridine rings is 1. The van der Waals surface area contributed by atoms with E-state index in [1.807, 2.05) is 0 Å². The zero-order valence-electron chi connectivity index (χ0n) is 13.8. The number of carbonyl (C=O) groups excluding carboxylic acids is 1. The summed E-state index contributed by atoms with van der Waals surface area (Å²) in [4.78, 5) is 18.9. The van der Waals surface area contributed by atoms with Gasteiger partial charge in [-0.05, 0) is 42.7 Å². The lowest BCUT2D eigenvalue weighted by Gasteiger charge is -2.29. The fraction of sp³-hybridized carbons (Fsp3) is 0.368. The number of aromatic nitrogens is 1. The molecule has 2 aromatic rings. The zero-order valence-corrected chi connectivity index (χ0v) is 13.8. The maximum absolute atomic E-state index is 13.5. The van der Waals surface area contributed by atoms with E-state index in [1.54, 1.807) is 29.3 Å². The average molecular weight is 342 g/mol. The van der Waals surface area contributed by atoms with Crippen LogP contribution in [0.2, 0.25) is 0 Å². The maximum Gasteiger partial charge on any atom is 0.258 e. The van der Waals surface area contributed by atoms with Gasteiger partial charge < -0.3 is 14.4 Å². The quantitative estimate of drug-likeness (QED) is 0.860. The first-order valence-corrected chi connectivity index (χ1v) is 8.51. The molecule has 0 radical (unpaired) electrons. The van der Waals surface area contributed by atoms with Gasteiger partial charge in [-0.2, -0.15) is 0 Å². The van der Waals surface area contributed by atoms with Gasteiger partial charge in [-0.3, -0.25) is 4.79 Å². The lowest BCUT2D eigenvalue weighted by Crippen LogP contribution is -2.35. The molecule has 1 atom stereocenters. The fourth-order valence-electron chi connectivity index (χ4n) is 3.32. The van der Waals surface area contributed by atoms with E-state index in [0.717, 1.165) is 30.5 Å². The minimum Gasteiger partial charge on any atom is -0.472 e. The molecule has 0 spiro atoms. The van der Waals surface area contributed by atoms with Crippen LogP contribution in [0.5, 0.6) is 5.88 Å². The number of fused-ring (bicyclic) bond motifs is 1. The molecule has 25 heavy (non-hydrogen) atoms. The number of hydrogen-bond donors (Lipinski definition) is 0. The molecule has 2 aliphatic heterocycles. The number of rotatable bonds is 3. The van der Waals surface area contributed by atoms with Crippen molar-refractivity contribution < 1.29 is 18.7 Å². The van der Waals surface area contributed by atoms with E-state index in [0.29, 0.717) is 31.2 Å². The Balaban J connectivity index is 1.57. The Hall–Kier alpha value is -2.47. The Morgan fingerprint density at radius 2 is 2.24 bits per heavy atom. The molecular formula is C19H19FN2O3. The van der Waals surface area contributed by atoms with E-state index < -0.39 is 0 Å². The molecule has 0 N–H and O–H groups in total. The van der Waals surface area contributed by atoms with Crippen molar-refractivity contribution in [1.82, 2.24) is 4.98 Å². The highest BCUT2D eigenvalue weighted by atomic mass is 19.1. The number of nitrogens with zero attached hydrogens (tertiary/aromatic N) is 2. The minimum absolute atomic E-state index is 0.0171.